The van der Waals surface area contributed by atoms with Crippen molar-refractivity contribution in [1.82, 2.24) is 5.32 Å². The Morgan fingerprint density at radius 1 is 1.22 bits per heavy atom. The zero-order chi connectivity index (χ0) is 16.5. The lowest BCUT2D eigenvalue weighted by Crippen LogP contribution is -2.42. The molecule has 0 aromatic heterocycles. The molecule has 2 rings (SSSR count). The standard InChI is InChI=1S/C17H24N2O4/c1-2-22-12-16(20)18-14-9-6-10-15(11-14)23-17(21)19-13-7-4-3-5-8-13/h3-5,7-8,14-15H,2,6,9-12H2,1H3,(H,18,20)(H,19,21)/t14-,15-/m1/s1. The Morgan fingerprint density at radius 2 is 2.00 bits per heavy atom. The van der Waals surface area contributed by atoms with Gasteiger partial charge in [0.15, 0.2) is 0 Å². The number of ether oxygens (including phenoxy) is 2. The number of hydrogen-bond donors (Lipinski definition) is 2. The summed E-state index contributed by atoms with van der Waals surface area (Å²) >= 11 is 0. The maximum absolute atomic E-state index is 11.9. The van der Waals surface area contributed by atoms with Crippen molar-refractivity contribution in [3.8, 4) is 0 Å². The SMILES string of the molecule is CCOCC(=O)N[C@@H]1CCC[C@@H](OC(=O)Nc2ccccc2)C1. The first kappa shape index (κ1) is 17.3. The number of para-hydroxylation sites is 1. The predicted octanol–water partition coefficient (Wildman–Crippen LogP) is 2.70. The fourth-order valence-corrected chi connectivity index (χ4v) is 2.67. The first-order valence-electron chi connectivity index (χ1n) is 8.07. The predicted molar refractivity (Wildman–Crippen MR) is 87.2 cm³/mol. The van der Waals surface area contributed by atoms with Crippen molar-refractivity contribution < 1.29 is 19.1 Å². The first-order chi connectivity index (χ1) is 11.2. The van der Waals surface area contributed by atoms with Crippen LogP contribution < -0.4 is 10.6 Å². The summed E-state index contributed by atoms with van der Waals surface area (Å²) in [5.41, 5.74) is 0.704. The Labute approximate surface area is 136 Å². The second-order valence-electron chi connectivity index (χ2n) is 5.59. The normalized spacial score (nSPS) is 20.6. The first-order valence-corrected chi connectivity index (χ1v) is 8.07. The monoisotopic (exact) mass is 320 g/mol. The molecule has 0 spiro atoms. The summed E-state index contributed by atoms with van der Waals surface area (Å²) in [6.45, 7) is 2.44. The van der Waals surface area contributed by atoms with Crippen LogP contribution in [0.2, 0.25) is 0 Å². The molecule has 23 heavy (non-hydrogen) atoms. The highest BCUT2D eigenvalue weighted by Crippen LogP contribution is 2.22. The maximum atomic E-state index is 11.9. The highest BCUT2D eigenvalue weighted by molar-refractivity contribution is 5.84. The number of anilines is 1. The molecule has 1 aliphatic rings. The van der Waals surface area contributed by atoms with Gasteiger partial charge in [-0.3, -0.25) is 10.1 Å². The van der Waals surface area contributed by atoms with Gasteiger partial charge in [-0.05, 0) is 38.3 Å². The molecule has 1 saturated carbocycles. The van der Waals surface area contributed by atoms with Gasteiger partial charge in [-0.2, -0.15) is 0 Å². The quantitative estimate of drug-likeness (QED) is 0.845. The number of carbonyl (C=O) groups excluding carboxylic acids is 2. The minimum Gasteiger partial charge on any atom is -0.446 e. The summed E-state index contributed by atoms with van der Waals surface area (Å²) in [7, 11) is 0. The van der Waals surface area contributed by atoms with Crippen molar-refractivity contribution in [2.24, 2.45) is 0 Å². The lowest BCUT2D eigenvalue weighted by molar-refractivity contribution is -0.126. The van der Waals surface area contributed by atoms with E-state index in [1.54, 1.807) is 12.1 Å². The molecule has 1 fully saturated rings. The Hall–Kier alpha value is -2.08. The lowest BCUT2D eigenvalue weighted by atomic mass is 9.93. The number of hydrogen-bond acceptors (Lipinski definition) is 4. The third kappa shape index (κ3) is 6.28. The van der Waals surface area contributed by atoms with E-state index in [1.165, 1.54) is 0 Å². The van der Waals surface area contributed by atoms with Crippen LogP contribution >= 0.6 is 0 Å². The minimum atomic E-state index is -0.456. The van der Waals surface area contributed by atoms with Crippen LogP contribution in [0.3, 0.4) is 0 Å². The van der Waals surface area contributed by atoms with Gasteiger partial charge in [-0.15, -0.1) is 0 Å². The average molecular weight is 320 g/mol. The average Bonchev–Trinajstić information content (AvgIpc) is 2.54. The number of carbonyl (C=O) groups is 2. The van der Waals surface area contributed by atoms with Crippen LogP contribution in [-0.2, 0) is 14.3 Å². The van der Waals surface area contributed by atoms with Crippen LogP contribution in [0.15, 0.2) is 30.3 Å². The van der Waals surface area contributed by atoms with E-state index in [1.807, 2.05) is 25.1 Å². The van der Waals surface area contributed by atoms with Crippen molar-refractivity contribution >= 4 is 17.7 Å². The van der Waals surface area contributed by atoms with Gasteiger partial charge in [0, 0.05) is 24.8 Å². The van der Waals surface area contributed by atoms with E-state index >= 15 is 0 Å². The van der Waals surface area contributed by atoms with E-state index in [9.17, 15) is 9.59 Å². The lowest BCUT2D eigenvalue weighted by Gasteiger charge is -2.29. The van der Waals surface area contributed by atoms with E-state index in [-0.39, 0.29) is 24.7 Å². The van der Waals surface area contributed by atoms with Gasteiger partial charge in [-0.25, -0.2) is 4.79 Å². The van der Waals surface area contributed by atoms with Gasteiger partial charge in [-0.1, -0.05) is 18.2 Å². The maximum Gasteiger partial charge on any atom is 0.411 e. The highest BCUT2D eigenvalue weighted by Gasteiger charge is 2.26. The number of rotatable bonds is 6. The molecule has 0 aliphatic heterocycles. The summed E-state index contributed by atoms with van der Waals surface area (Å²) < 4.78 is 10.5. The Kier molecular flexibility index (Phi) is 6.87. The van der Waals surface area contributed by atoms with Crippen LogP contribution in [0, 0.1) is 0 Å². The molecule has 126 valence electrons. The second kappa shape index (κ2) is 9.15. The molecule has 1 aliphatic carbocycles. The Bertz CT molecular complexity index is 507. The molecule has 0 bridgehead atoms. The zero-order valence-electron chi connectivity index (χ0n) is 13.4. The van der Waals surface area contributed by atoms with E-state index in [4.69, 9.17) is 9.47 Å². The summed E-state index contributed by atoms with van der Waals surface area (Å²) in [6.07, 6.45) is 2.65. The van der Waals surface area contributed by atoms with Crippen LogP contribution in [0.4, 0.5) is 10.5 Å². The Balaban J connectivity index is 1.75. The van der Waals surface area contributed by atoms with Crippen molar-refractivity contribution in [2.45, 2.75) is 44.8 Å². The molecule has 1 aromatic carbocycles. The fraction of sp³-hybridized carbons (Fsp3) is 0.529. The molecule has 2 amide bonds. The van der Waals surface area contributed by atoms with E-state index in [0.717, 1.165) is 19.3 Å². The van der Waals surface area contributed by atoms with E-state index < -0.39 is 6.09 Å². The molecule has 0 saturated heterocycles. The summed E-state index contributed by atoms with van der Waals surface area (Å²) in [5, 5.41) is 5.64. The highest BCUT2D eigenvalue weighted by atomic mass is 16.6. The third-order valence-corrected chi connectivity index (χ3v) is 3.72. The van der Waals surface area contributed by atoms with Gasteiger partial charge in [0.2, 0.25) is 5.91 Å². The number of amides is 2. The van der Waals surface area contributed by atoms with E-state index in [0.29, 0.717) is 18.7 Å². The molecule has 1 aromatic rings. The smallest absolute Gasteiger partial charge is 0.411 e. The van der Waals surface area contributed by atoms with Crippen molar-refractivity contribution in [2.75, 3.05) is 18.5 Å². The van der Waals surface area contributed by atoms with Gasteiger partial charge in [0.1, 0.15) is 12.7 Å². The summed E-state index contributed by atoms with van der Waals surface area (Å²) in [4.78, 5) is 23.6. The molecule has 0 unspecified atom stereocenters. The number of benzene rings is 1. The molecular weight excluding hydrogens is 296 g/mol. The number of nitrogens with one attached hydrogen (secondary N) is 2. The molecule has 0 heterocycles. The van der Waals surface area contributed by atoms with Crippen molar-refractivity contribution in [1.29, 1.82) is 0 Å². The minimum absolute atomic E-state index is 0.0335. The summed E-state index contributed by atoms with van der Waals surface area (Å²) in [5.74, 6) is -0.119. The molecule has 6 nitrogen and oxygen atoms in total. The third-order valence-electron chi connectivity index (χ3n) is 3.72. The zero-order valence-corrected chi connectivity index (χ0v) is 13.4. The Morgan fingerprint density at radius 3 is 2.74 bits per heavy atom. The molecule has 2 N–H and O–H groups in total. The van der Waals surface area contributed by atoms with Crippen LogP contribution in [-0.4, -0.2) is 37.4 Å². The topological polar surface area (TPSA) is 76.7 Å². The molecular formula is C17H24N2O4. The van der Waals surface area contributed by atoms with Crippen LogP contribution in [0.1, 0.15) is 32.6 Å². The van der Waals surface area contributed by atoms with Gasteiger partial charge in [0.25, 0.3) is 0 Å². The van der Waals surface area contributed by atoms with Crippen molar-refractivity contribution in [3.05, 3.63) is 30.3 Å². The van der Waals surface area contributed by atoms with Gasteiger partial charge < -0.3 is 14.8 Å². The largest absolute Gasteiger partial charge is 0.446 e. The molecule has 0 radical (unpaired) electrons. The summed E-state index contributed by atoms with van der Waals surface area (Å²) in [6, 6.07) is 9.22. The van der Waals surface area contributed by atoms with Gasteiger partial charge >= 0.3 is 6.09 Å². The van der Waals surface area contributed by atoms with Gasteiger partial charge in [0.05, 0.1) is 0 Å². The van der Waals surface area contributed by atoms with Crippen molar-refractivity contribution in [3.63, 3.8) is 0 Å². The fourth-order valence-electron chi connectivity index (χ4n) is 2.67. The molecule has 2 atom stereocenters. The van der Waals surface area contributed by atoms with Crippen LogP contribution in [0.25, 0.3) is 0 Å². The molecule has 6 heteroatoms. The second-order valence-corrected chi connectivity index (χ2v) is 5.59. The van der Waals surface area contributed by atoms with E-state index in [2.05, 4.69) is 10.6 Å². The van der Waals surface area contributed by atoms with Crippen LogP contribution in [0.5, 0.6) is 0 Å².